The third kappa shape index (κ3) is 3.77. The van der Waals surface area contributed by atoms with E-state index in [9.17, 15) is 5.11 Å². The second kappa shape index (κ2) is 4.61. The van der Waals surface area contributed by atoms with Crippen molar-refractivity contribution in [2.24, 2.45) is 11.3 Å². The Morgan fingerprint density at radius 2 is 1.77 bits per heavy atom. The molecule has 0 fully saturated rings. The number of hydrogen-bond donors (Lipinski definition) is 1. The first kappa shape index (κ1) is 12.4. The van der Waals surface area contributed by atoms with Crippen LogP contribution in [0, 0.1) is 11.3 Å². The molecule has 0 bridgehead atoms. The lowest BCUT2D eigenvalue weighted by Crippen LogP contribution is -2.26. The van der Waals surface area contributed by atoms with E-state index in [1.54, 1.807) is 6.08 Å². The topological polar surface area (TPSA) is 20.2 Å². The Kier molecular flexibility index (Phi) is 4.41. The fourth-order valence-electron chi connectivity index (χ4n) is 1.28. The Morgan fingerprint density at radius 3 is 2.00 bits per heavy atom. The van der Waals surface area contributed by atoms with Crippen LogP contribution in [0.1, 0.15) is 34.6 Å². The summed E-state index contributed by atoms with van der Waals surface area (Å²) in [6.07, 6.45) is 3.30. The Hall–Kier alpha value is -0.560. The molecule has 1 heteroatoms. The number of aliphatic hydroxyl groups excluding tert-OH is 1. The first-order valence-corrected chi connectivity index (χ1v) is 4.82. The lowest BCUT2D eigenvalue weighted by atomic mass is 9.79. The summed E-state index contributed by atoms with van der Waals surface area (Å²) in [6.45, 7) is 14.0. The van der Waals surface area contributed by atoms with Crippen LogP contribution in [0.2, 0.25) is 0 Å². The Balaban J connectivity index is 4.83. The van der Waals surface area contributed by atoms with Gasteiger partial charge in [-0.15, -0.1) is 0 Å². The van der Waals surface area contributed by atoms with Crippen molar-refractivity contribution >= 4 is 0 Å². The molecule has 1 N–H and O–H groups in total. The van der Waals surface area contributed by atoms with Crippen molar-refractivity contribution < 1.29 is 5.11 Å². The van der Waals surface area contributed by atoms with E-state index < -0.39 is 0 Å². The van der Waals surface area contributed by atoms with Gasteiger partial charge in [-0.25, -0.2) is 0 Å². The highest BCUT2D eigenvalue weighted by molar-refractivity contribution is 5.21. The zero-order chi connectivity index (χ0) is 10.6. The second-order valence-electron chi connectivity index (χ2n) is 4.80. The van der Waals surface area contributed by atoms with E-state index in [2.05, 4.69) is 27.4 Å². The van der Waals surface area contributed by atoms with Crippen LogP contribution in [-0.2, 0) is 0 Å². The zero-order valence-electron chi connectivity index (χ0n) is 9.46. The molecule has 0 aromatic rings. The van der Waals surface area contributed by atoms with Gasteiger partial charge in [-0.05, 0) is 16.9 Å². The van der Waals surface area contributed by atoms with Gasteiger partial charge in [0.05, 0.1) is 6.10 Å². The summed E-state index contributed by atoms with van der Waals surface area (Å²) < 4.78 is 0. The predicted octanol–water partition coefficient (Wildman–Crippen LogP) is 3.16. The predicted molar refractivity (Wildman–Crippen MR) is 58.6 cm³/mol. The minimum absolute atomic E-state index is 0.0118. The van der Waals surface area contributed by atoms with Crippen molar-refractivity contribution in [3.63, 3.8) is 0 Å². The van der Waals surface area contributed by atoms with E-state index >= 15 is 0 Å². The average molecular weight is 182 g/mol. The molecule has 0 aliphatic rings. The third-order valence-corrected chi connectivity index (χ3v) is 2.11. The molecule has 1 nitrogen and oxygen atoms in total. The Morgan fingerprint density at radius 1 is 1.31 bits per heavy atom. The van der Waals surface area contributed by atoms with Crippen LogP contribution in [0.5, 0.6) is 0 Å². The van der Waals surface area contributed by atoms with E-state index in [0.717, 1.165) is 5.57 Å². The molecule has 0 saturated carbocycles. The summed E-state index contributed by atoms with van der Waals surface area (Å²) in [6, 6.07) is 0. The smallest absolute Gasteiger partial charge is 0.0781 e. The van der Waals surface area contributed by atoms with Gasteiger partial charge in [0, 0.05) is 0 Å². The van der Waals surface area contributed by atoms with Gasteiger partial charge >= 0.3 is 0 Å². The van der Waals surface area contributed by atoms with Gasteiger partial charge in [-0.2, -0.15) is 0 Å². The van der Waals surface area contributed by atoms with Gasteiger partial charge in [0.25, 0.3) is 0 Å². The maximum absolute atomic E-state index is 9.94. The molecule has 0 radical (unpaired) electrons. The van der Waals surface area contributed by atoms with Gasteiger partial charge in [-0.1, -0.05) is 53.3 Å². The maximum atomic E-state index is 9.94. The van der Waals surface area contributed by atoms with E-state index in [0.29, 0.717) is 0 Å². The molecule has 1 atom stereocenters. The van der Waals surface area contributed by atoms with E-state index in [4.69, 9.17) is 0 Å². The van der Waals surface area contributed by atoms with Gasteiger partial charge in [0.1, 0.15) is 0 Å². The van der Waals surface area contributed by atoms with Crippen molar-refractivity contribution in [3.05, 3.63) is 24.3 Å². The maximum Gasteiger partial charge on any atom is 0.0781 e. The lowest BCUT2D eigenvalue weighted by Gasteiger charge is -2.29. The summed E-state index contributed by atoms with van der Waals surface area (Å²) in [7, 11) is 0. The molecule has 13 heavy (non-hydrogen) atoms. The van der Waals surface area contributed by atoms with Crippen LogP contribution in [0.25, 0.3) is 0 Å². The summed E-state index contributed by atoms with van der Waals surface area (Å²) in [5.74, 6) is 0.255. The summed E-state index contributed by atoms with van der Waals surface area (Å²) in [4.78, 5) is 0. The second-order valence-corrected chi connectivity index (χ2v) is 4.80. The number of rotatable bonds is 3. The van der Waals surface area contributed by atoms with E-state index in [1.807, 2.05) is 19.9 Å². The summed E-state index contributed by atoms with van der Waals surface area (Å²) >= 11 is 0. The van der Waals surface area contributed by atoms with Crippen LogP contribution in [0.15, 0.2) is 24.3 Å². The van der Waals surface area contributed by atoms with E-state index in [-0.39, 0.29) is 17.4 Å². The quantitative estimate of drug-likeness (QED) is 0.665. The number of aliphatic hydroxyl groups is 1. The highest BCUT2D eigenvalue weighted by Crippen LogP contribution is 2.30. The fraction of sp³-hybridized carbons (Fsp3) is 0.667. The van der Waals surface area contributed by atoms with Crippen molar-refractivity contribution in [2.45, 2.75) is 40.7 Å². The highest BCUT2D eigenvalue weighted by Gasteiger charge is 2.25. The van der Waals surface area contributed by atoms with Crippen LogP contribution < -0.4 is 0 Å². The van der Waals surface area contributed by atoms with Crippen molar-refractivity contribution in [2.75, 3.05) is 0 Å². The normalized spacial score (nSPS) is 16.1. The van der Waals surface area contributed by atoms with E-state index in [1.165, 1.54) is 0 Å². The summed E-state index contributed by atoms with van der Waals surface area (Å²) in [5, 5.41) is 9.94. The molecule has 0 aromatic carbocycles. The number of allylic oxidation sites excluding steroid dienone is 2. The highest BCUT2D eigenvalue weighted by atomic mass is 16.3. The molecule has 76 valence electrons. The largest absolute Gasteiger partial charge is 0.388 e. The van der Waals surface area contributed by atoms with Crippen molar-refractivity contribution in [1.82, 2.24) is 0 Å². The standard InChI is InChI=1S/C12H22O/c1-7-8-10(12(4,5)6)11(13)9(2)3/h7-9,11,13H,1H2,2-6H3/b10-8-. The monoisotopic (exact) mass is 182 g/mol. The first-order chi connectivity index (χ1) is 5.80. The molecule has 0 spiro atoms. The lowest BCUT2D eigenvalue weighted by molar-refractivity contribution is 0.138. The van der Waals surface area contributed by atoms with Crippen LogP contribution >= 0.6 is 0 Å². The van der Waals surface area contributed by atoms with Crippen LogP contribution in [0.3, 0.4) is 0 Å². The minimum Gasteiger partial charge on any atom is -0.388 e. The molecule has 0 saturated heterocycles. The third-order valence-electron chi connectivity index (χ3n) is 2.11. The van der Waals surface area contributed by atoms with Crippen molar-refractivity contribution in [3.8, 4) is 0 Å². The molecule has 0 rings (SSSR count). The van der Waals surface area contributed by atoms with Gasteiger partial charge < -0.3 is 5.11 Å². The van der Waals surface area contributed by atoms with Crippen LogP contribution in [0.4, 0.5) is 0 Å². The molecule has 0 aliphatic carbocycles. The van der Waals surface area contributed by atoms with Gasteiger partial charge in [0.2, 0.25) is 0 Å². The molecule has 0 amide bonds. The SMILES string of the molecule is C=C/C=C(/C(O)C(C)C)C(C)(C)C. The zero-order valence-corrected chi connectivity index (χ0v) is 9.46. The first-order valence-electron chi connectivity index (χ1n) is 4.82. The molecule has 0 heterocycles. The molecule has 0 aliphatic heterocycles. The average Bonchev–Trinajstić information content (AvgIpc) is 1.96. The van der Waals surface area contributed by atoms with Gasteiger partial charge in [-0.3, -0.25) is 0 Å². The molecular weight excluding hydrogens is 160 g/mol. The molecular formula is C12H22O. The molecule has 0 aromatic heterocycles. The fourth-order valence-corrected chi connectivity index (χ4v) is 1.28. The summed E-state index contributed by atoms with van der Waals surface area (Å²) in [5.41, 5.74) is 1.07. The van der Waals surface area contributed by atoms with Crippen molar-refractivity contribution in [1.29, 1.82) is 0 Å². The Labute approximate surface area is 82.2 Å². The minimum atomic E-state index is -0.363. The number of hydrogen-bond acceptors (Lipinski definition) is 1. The Bertz CT molecular complexity index is 194. The van der Waals surface area contributed by atoms with Gasteiger partial charge in [0.15, 0.2) is 0 Å². The van der Waals surface area contributed by atoms with Crippen LogP contribution in [-0.4, -0.2) is 11.2 Å². The molecule has 1 unspecified atom stereocenters.